The molecule has 0 spiro atoms. The molecule has 1 saturated carbocycles. The summed E-state index contributed by atoms with van der Waals surface area (Å²) in [5, 5.41) is 0. The van der Waals surface area contributed by atoms with Crippen LogP contribution in [0.5, 0.6) is 5.75 Å². The van der Waals surface area contributed by atoms with Gasteiger partial charge in [-0.15, -0.1) is 0 Å². The van der Waals surface area contributed by atoms with Crippen LogP contribution < -0.4 is 20.3 Å². The van der Waals surface area contributed by atoms with Gasteiger partial charge in [0.1, 0.15) is 5.75 Å². The van der Waals surface area contributed by atoms with Crippen LogP contribution in [0.15, 0.2) is 53.4 Å². The van der Waals surface area contributed by atoms with Crippen LogP contribution >= 0.6 is 0 Å². The van der Waals surface area contributed by atoms with Gasteiger partial charge in [-0.3, -0.25) is 20.4 Å². The standard InChI is InChI=1S/C20H23N3O5S/c1-2-19(24)14-3-9-17(10-4-14)28-13-20(25)22-21-15-7-11-18(12-8-15)29(26,27)23-16-5-6-16/h3-4,7-12,16,21,23H,2,5-6,13H2,1H3,(H,22,25). The molecule has 1 aliphatic carbocycles. The van der Waals surface area contributed by atoms with E-state index in [0.717, 1.165) is 12.8 Å². The molecule has 3 N–H and O–H groups in total. The van der Waals surface area contributed by atoms with Crippen molar-refractivity contribution in [1.29, 1.82) is 0 Å². The number of carbonyl (C=O) groups is 2. The molecule has 0 saturated heterocycles. The van der Waals surface area contributed by atoms with E-state index in [1.807, 2.05) is 0 Å². The summed E-state index contributed by atoms with van der Waals surface area (Å²) in [6.45, 7) is 1.58. The molecule has 154 valence electrons. The van der Waals surface area contributed by atoms with Crippen LogP contribution in [0.3, 0.4) is 0 Å². The third kappa shape index (κ3) is 6.03. The molecule has 0 aromatic heterocycles. The molecule has 3 rings (SSSR count). The topological polar surface area (TPSA) is 114 Å². The van der Waals surface area contributed by atoms with Gasteiger partial charge in [-0.2, -0.15) is 0 Å². The lowest BCUT2D eigenvalue weighted by Crippen LogP contribution is -2.33. The van der Waals surface area contributed by atoms with Crippen molar-refractivity contribution in [3.63, 3.8) is 0 Å². The first kappa shape index (κ1) is 20.8. The van der Waals surface area contributed by atoms with Crippen LogP contribution in [-0.2, 0) is 14.8 Å². The summed E-state index contributed by atoms with van der Waals surface area (Å²) >= 11 is 0. The van der Waals surface area contributed by atoms with E-state index in [9.17, 15) is 18.0 Å². The first-order valence-corrected chi connectivity index (χ1v) is 10.8. The number of ketones is 1. The van der Waals surface area contributed by atoms with Crippen molar-refractivity contribution in [1.82, 2.24) is 10.1 Å². The largest absolute Gasteiger partial charge is 0.484 e. The second kappa shape index (κ2) is 9.06. The van der Waals surface area contributed by atoms with Crippen molar-refractivity contribution < 1.29 is 22.7 Å². The van der Waals surface area contributed by atoms with Crippen LogP contribution in [0.1, 0.15) is 36.5 Å². The fraction of sp³-hybridized carbons (Fsp3) is 0.300. The van der Waals surface area contributed by atoms with Crippen LogP contribution in [-0.4, -0.2) is 32.8 Å². The fourth-order valence-electron chi connectivity index (χ4n) is 2.47. The van der Waals surface area contributed by atoms with E-state index in [1.165, 1.54) is 12.1 Å². The van der Waals surface area contributed by atoms with Crippen LogP contribution in [0.2, 0.25) is 0 Å². The van der Waals surface area contributed by atoms with Crippen LogP contribution in [0.4, 0.5) is 5.69 Å². The highest BCUT2D eigenvalue weighted by molar-refractivity contribution is 7.89. The molecule has 0 unspecified atom stereocenters. The number of hydrogen-bond acceptors (Lipinski definition) is 6. The number of amides is 1. The van der Waals surface area contributed by atoms with E-state index in [0.29, 0.717) is 23.4 Å². The van der Waals surface area contributed by atoms with E-state index in [2.05, 4.69) is 15.6 Å². The number of hydrogen-bond donors (Lipinski definition) is 3. The number of benzene rings is 2. The SMILES string of the molecule is CCC(=O)c1ccc(OCC(=O)NNc2ccc(S(=O)(=O)NC3CC3)cc2)cc1. The van der Waals surface area contributed by atoms with E-state index in [4.69, 9.17) is 4.74 Å². The summed E-state index contributed by atoms with van der Waals surface area (Å²) in [6, 6.07) is 12.7. The summed E-state index contributed by atoms with van der Waals surface area (Å²) < 4.78 is 32.2. The molecule has 0 heterocycles. The number of anilines is 1. The van der Waals surface area contributed by atoms with Gasteiger partial charge >= 0.3 is 0 Å². The Hall–Kier alpha value is -2.91. The second-order valence-corrected chi connectivity index (χ2v) is 8.40. The maximum atomic E-state index is 12.1. The third-order valence-corrected chi connectivity index (χ3v) is 5.81. The van der Waals surface area contributed by atoms with Crippen LogP contribution in [0, 0.1) is 0 Å². The van der Waals surface area contributed by atoms with Gasteiger partial charge in [0, 0.05) is 18.0 Å². The van der Waals surface area contributed by atoms with Crippen molar-refractivity contribution in [3.05, 3.63) is 54.1 Å². The van der Waals surface area contributed by atoms with Crippen LogP contribution in [0.25, 0.3) is 0 Å². The molecular formula is C20H23N3O5S. The maximum absolute atomic E-state index is 12.1. The zero-order chi connectivity index (χ0) is 20.9. The summed E-state index contributed by atoms with van der Waals surface area (Å²) in [5.41, 5.74) is 6.31. The minimum atomic E-state index is -3.50. The zero-order valence-corrected chi connectivity index (χ0v) is 16.8. The Balaban J connectivity index is 1.45. The summed E-state index contributed by atoms with van der Waals surface area (Å²) in [6.07, 6.45) is 2.17. The van der Waals surface area contributed by atoms with E-state index in [-0.39, 0.29) is 23.3 Å². The number of nitrogens with one attached hydrogen (secondary N) is 3. The fourth-order valence-corrected chi connectivity index (χ4v) is 3.78. The molecule has 1 fully saturated rings. The van der Waals surface area contributed by atoms with Crippen molar-refractivity contribution in [2.75, 3.05) is 12.0 Å². The Labute approximate surface area is 169 Å². The predicted octanol–water partition coefficient (Wildman–Crippen LogP) is 2.24. The zero-order valence-electron chi connectivity index (χ0n) is 16.0. The van der Waals surface area contributed by atoms with Gasteiger partial charge in [-0.1, -0.05) is 6.92 Å². The molecular weight excluding hydrogens is 394 g/mol. The summed E-state index contributed by atoms with van der Waals surface area (Å²) in [7, 11) is -3.50. The first-order chi connectivity index (χ1) is 13.9. The number of sulfonamides is 1. The lowest BCUT2D eigenvalue weighted by Gasteiger charge is -2.11. The average Bonchev–Trinajstić information content (AvgIpc) is 3.54. The Morgan fingerprint density at radius 3 is 2.28 bits per heavy atom. The normalized spacial score (nSPS) is 13.6. The van der Waals surface area contributed by atoms with E-state index in [1.54, 1.807) is 43.3 Å². The second-order valence-electron chi connectivity index (χ2n) is 6.68. The highest BCUT2D eigenvalue weighted by atomic mass is 32.2. The smallest absolute Gasteiger partial charge is 0.276 e. The highest BCUT2D eigenvalue weighted by Crippen LogP contribution is 2.22. The summed E-state index contributed by atoms with van der Waals surface area (Å²) in [5.74, 6) is 0.108. The van der Waals surface area contributed by atoms with Gasteiger partial charge in [0.15, 0.2) is 12.4 Å². The number of ether oxygens (including phenoxy) is 1. The van der Waals surface area contributed by atoms with Gasteiger partial charge in [0.25, 0.3) is 5.91 Å². The van der Waals surface area contributed by atoms with Gasteiger partial charge in [-0.05, 0) is 61.4 Å². The van der Waals surface area contributed by atoms with Gasteiger partial charge in [0.2, 0.25) is 10.0 Å². The monoisotopic (exact) mass is 417 g/mol. The van der Waals surface area contributed by atoms with Crippen molar-refractivity contribution in [3.8, 4) is 5.75 Å². The number of hydrazine groups is 1. The minimum absolute atomic E-state index is 0.0421. The van der Waals surface area contributed by atoms with Gasteiger partial charge < -0.3 is 4.74 Å². The molecule has 8 nitrogen and oxygen atoms in total. The predicted molar refractivity (Wildman–Crippen MR) is 108 cm³/mol. The van der Waals surface area contributed by atoms with Gasteiger partial charge in [0.05, 0.1) is 10.6 Å². The Morgan fingerprint density at radius 2 is 1.69 bits per heavy atom. The molecule has 9 heteroatoms. The van der Waals surface area contributed by atoms with E-state index >= 15 is 0 Å². The lowest BCUT2D eigenvalue weighted by molar-refractivity contribution is -0.122. The maximum Gasteiger partial charge on any atom is 0.276 e. The molecule has 0 radical (unpaired) electrons. The van der Waals surface area contributed by atoms with Crippen molar-refractivity contribution in [2.45, 2.75) is 37.1 Å². The summed E-state index contributed by atoms with van der Waals surface area (Å²) in [4.78, 5) is 23.7. The Kier molecular flexibility index (Phi) is 6.50. The quantitative estimate of drug-likeness (QED) is 0.404. The van der Waals surface area contributed by atoms with Crippen molar-refractivity contribution in [2.24, 2.45) is 0 Å². The molecule has 29 heavy (non-hydrogen) atoms. The Bertz CT molecular complexity index is 968. The first-order valence-electron chi connectivity index (χ1n) is 9.30. The van der Waals surface area contributed by atoms with E-state index < -0.39 is 15.9 Å². The van der Waals surface area contributed by atoms with Gasteiger partial charge in [-0.25, -0.2) is 13.1 Å². The van der Waals surface area contributed by atoms with Crippen molar-refractivity contribution >= 4 is 27.4 Å². The number of Topliss-reactive ketones (excluding diaryl/α,β-unsaturated/α-hetero) is 1. The lowest BCUT2D eigenvalue weighted by atomic mass is 10.1. The minimum Gasteiger partial charge on any atom is -0.484 e. The average molecular weight is 417 g/mol. The molecule has 1 aliphatic rings. The molecule has 1 amide bonds. The molecule has 2 aromatic rings. The molecule has 0 atom stereocenters. The highest BCUT2D eigenvalue weighted by Gasteiger charge is 2.27. The molecule has 0 aliphatic heterocycles. The number of rotatable bonds is 10. The third-order valence-electron chi connectivity index (χ3n) is 4.28. The molecule has 2 aromatic carbocycles. The number of carbonyl (C=O) groups excluding carboxylic acids is 2. The Morgan fingerprint density at radius 1 is 1.03 bits per heavy atom. The molecule has 0 bridgehead atoms.